The lowest BCUT2D eigenvalue weighted by atomic mass is 9.98. The molecule has 3 rings (SSSR count). The van der Waals surface area contributed by atoms with Crippen LogP contribution in [0.3, 0.4) is 0 Å². The summed E-state index contributed by atoms with van der Waals surface area (Å²) in [5, 5.41) is 21.5. The first-order valence-corrected chi connectivity index (χ1v) is 7.93. The summed E-state index contributed by atoms with van der Waals surface area (Å²) in [4.78, 5) is 28.0. The summed E-state index contributed by atoms with van der Waals surface area (Å²) in [5.41, 5.74) is -2.77. The van der Waals surface area contributed by atoms with E-state index >= 15 is 0 Å². The lowest BCUT2D eigenvalue weighted by Gasteiger charge is -2.24. The zero-order chi connectivity index (χ0) is 18.9. The number of aliphatic hydroxyl groups is 2. The fraction of sp³-hybridized carbons (Fsp3) is 0.353. The molecule has 1 amide bonds. The number of nitrogens with one attached hydrogen (secondary N) is 1. The average Bonchev–Trinajstić information content (AvgIpc) is 2.85. The van der Waals surface area contributed by atoms with Crippen LogP contribution >= 0.6 is 0 Å². The van der Waals surface area contributed by atoms with Crippen molar-refractivity contribution in [2.24, 2.45) is 0 Å². The molecule has 1 aliphatic rings. The van der Waals surface area contributed by atoms with Crippen LogP contribution in [0.1, 0.15) is 23.5 Å². The van der Waals surface area contributed by atoms with Crippen molar-refractivity contribution < 1.29 is 24.1 Å². The number of alkyl halides is 1. The zero-order valence-electron chi connectivity index (χ0n) is 13.9. The van der Waals surface area contributed by atoms with Gasteiger partial charge in [-0.1, -0.05) is 18.2 Å². The van der Waals surface area contributed by atoms with Gasteiger partial charge in [0.05, 0.1) is 6.61 Å². The highest BCUT2D eigenvalue weighted by molar-refractivity contribution is 6.03. The zero-order valence-corrected chi connectivity index (χ0v) is 13.9. The van der Waals surface area contributed by atoms with Gasteiger partial charge < -0.3 is 20.3 Å². The number of carbonyl (C=O) groups excluding carboxylic acids is 1. The SMILES string of the molecule is C[C@@]1(F)[C@H](O)C(CO)O[C@H]1n1ccc(NC(=O)c2ccccc2)nc1=O. The number of hydrogen-bond donors (Lipinski definition) is 3. The Kier molecular flexibility index (Phi) is 4.86. The smallest absolute Gasteiger partial charge is 0.351 e. The largest absolute Gasteiger partial charge is 0.394 e. The molecule has 1 unspecified atom stereocenters. The molecule has 26 heavy (non-hydrogen) atoms. The molecule has 0 aliphatic carbocycles. The summed E-state index contributed by atoms with van der Waals surface area (Å²) >= 11 is 0. The quantitative estimate of drug-likeness (QED) is 0.728. The summed E-state index contributed by atoms with van der Waals surface area (Å²) < 4.78 is 20.9. The predicted molar refractivity (Wildman–Crippen MR) is 89.4 cm³/mol. The minimum Gasteiger partial charge on any atom is -0.394 e. The molecule has 1 aromatic carbocycles. The number of anilines is 1. The number of halogens is 1. The molecule has 3 N–H and O–H groups in total. The van der Waals surface area contributed by atoms with Crippen molar-refractivity contribution in [1.82, 2.24) is 9.55 Å². The van der Waals surface area contributed by atoms with Crippen LogP contribution in [-0.2, 0) is 4.74 Å². The van der Waals surface area contributed by atoms with Crippen LogP contribution < -0.4 is 11.0 Å². The molecule has 9 heteroatoms. The Hall–Kier alpha value is -2.62. The summed E-state index contributed by atoms with van der Waals surface area (Å²) in [6.07, 6.45) is -2.99. The van der Waals surface area contributed by atoms with E-state index in [0.29, 0.717) is 5.56 Å². The highest BCUT2D eigenvalue weighted by atomic mass is 19.1. The number of nitrogens with zero attached hydrogens (tertiary/aromatic N) is 2. The molecule has 0 spiro atoms. The number of amides is 1. The van der Waals surface area contributed by atoms with Crippen molar-refractivity contribution in [2.75, 3.05) is 11.9 Å². The molecule has 1 fully saturated rings. The van der Waals surface area contributed by atoms with Gasteiger partial charge in [0.25, 0.3) is 5.91 Å². The standard InChI is InChI=1S/C17H18FN3O5/c1-17(18)13(23)11(9-22)26-15(17)21-8-7-12(20-16(21)25)19-14(24)10-5-3-2-4-6-10/h2-8,11,13,15,22-23H,9H2,1H3,(H,19,20,24,25)/t11?,13-,15-,17-/m1/s1. The maximum atomic E-state index is 14.8. The minimum atomic E-state index is -2.30. The second kappa shape index (κ2) is 6.94. The van der Waals surface area contributed by atoms with Crippen molar-refractivity contribution in [2.45, 2.75) is 31.0 Å². The van der Waals surface area contributed by atoms with E-state index < -0.39 is 42.3 Å². The Balaban J connectivity index is 1.82. The van der Waals surface area contributed by atoms with Gasteiger partial charge in [0.2, 0.25) is 0 Å². The van der Waals surface area contributed by atoms with E-state index in [4.69, 9.17) is 9.84 Å². The Morgan fingerprint density at radius 2 is 2.08 bits per heavy atom. The van der Waals surface area contributed by atoms with Crippen molar-refractivity contribution >= 4 is 11.7 Å². The van der Waals surface area contributed by atoms with Gasteiger partial charge in [-0.2, -0.15) is 4.98 Å². The van der Waals surface area contributed by atoms with Gasteiger partial charge in [-0.05, 0) is 25.1 Å². The van der Waals surface area contributed by atoms with E-state index in [1.54, 1.807) is 30.3 Å². The molecular weight excluding hydrogens is 345 g/mol. The monoisotopic (exact) mass is 363 g/mol. The van der Waals surface area contributed by atoms with Crippen LogP contribution in [0.15, 0.2) is 47.4 Å². The van der Waals surface area contributed by atoms with E-state index in [9.17, 15) is 19.1 Å². The second-order valence-electron chi connectivity index (χ2n) is 6.13. The van der Waals surface area contributed by atoms with Crippen LogP contribution in [0.25, 0.3) is 0 Å². The number of carbonyl (C=O) groups is 1. The summed E-state index contributed by atoms with van der Waals surface area (Å²) in [7, 11) is 0. The topological polar surface area (TPSA) is 114 Å². The number of rotatable bonds is 4. The highest BCUT2D eigenvalue weighted by Gasteiger charge is 2.55. The molecule has 4 atom stereocenters. The molecule has 0 bridgehead atoms. The number of ether oxygens (including phenoxy) is 1. The van der Waals surface area contributed by atoms with Gasteiger partial charge in [-0.15, -0.1) is 0 Å². The molecule has 8 nitrogen and oxygen atoms in total. The fourth-order valence-electron chi connectivity index (χ4n) is 2.80. The first-order valence-electron chi connectivity index (χ1n) is 7.93. The first-order chi connectivity index (χ1) is 12.3. The maximum Gasteiger partial charge on any atom is 0.351 e. The average molecular weight is 363 g/mol. The molecular formula is C17H18FN3O5. The summed E-state index contributed by atoms with van der Waals surface area (Å²) in [5.74, 6) is -0.448. The highest BCUT2D eigenvalue weighted by Crippen LogP contribution is 2.40. The molecule has 0 radical (unpaired) electrons. The number of benzene rings is 1. The Bertz CT molecular complexity index is 855. The van der Waals surface area contributed by atoms with E-state index in [0.717, 1.165) is 11.5 Å². The van der Waals surface area contributed by atoms with Crippen LogP contribution in [-0.4, -0.2) is 50.2 Å². The maximum absolute atomic E-state index is 14.8. The third-order valence-corrected chi connectivity index (χ3v) is 4.26. The molecule has 1 aromatic heterocycles. The Labute approximate surface area is 147 Å². The van der Waals surface area contributed by atoms with Crippen molar-refractivity contribution in [3.63, 3.8) is 0 Å². The van der Waals surface area contributed by atoms with Gasteiger partial charge in [-0.25, -0.2) is 9.18 Å². The number of aromatic nitrogens is 2. The fourth-order valence-corrected chi connectivity index (χ4v) is 2.80. The lowest BCUT2D eigenvalue weighted by molar-refractivity contribution is -0.0610. The third kappa shape index (κ3) is 3.24. The normalized spacial score (nSPS) is 28.1. The van der Waals surface area contributed by atoms with Crippen LogP contribution in [0.4, 0.5) is 10.2 Å². The van der Waals surface area contributed by atoms with Gasteiger partial charge in [0, 0.05) is 11.8 Å². The van der Waals surface area contributed by atoms with E-state index in [2.05, 4.69) is 10.3 Å². The molecule has 0 saturated carbocycles. The predicted octanol–water partition coefficient (Wildman–Crippen LogP) is 0.474. The van der Waals surface area contributed by atoms with E-state index in [-0.39, 0.29) is 5.82 Å². The van der Waals surface area contributed by atoms with Crippen LogP contribution in [0.2, 0.25) is 0 Å². The minimum absolute atomic E-state index is 0.00193. The second-order valence-corrected chi connectivity index (χ2v) is 6.13. The van der Waals surface area contributed by atoms with Crippen LogP contribution in [0.5, 0.6) is 0 Å². The Morgan fingerprint density at radius 1 is 1.38 bits per heavy atom. The summed E-state index contributed by atoms with van der Waals surface area (Å²) in [6.45, 7) is 0.486. The molecule has 138 valence electrons. The van der Waals surface area contributed by atoms with Gasteiger partial charge in [0.15, 0.2) is 11.9 Å². The van der Waals surface area contributed by atoms with Gasteiger partial charge >= 0.3 is 5.69 Å². The molecule has 2 aromatic rings. The number of hydrogen-bond acceptors (Lipinski definition) is 6. The van der Waals surface area contributed by atoms with Gasteiger partial charge in [-0.3, -0.25) is 9.36 Å². The van der Waals surface area contributed by atoms with Crippen molar-refractivity contribution in [3.8, 4) is 0 Å². The van der Waals surface area contributed by atoms with Crippen molar-refractivity contribution in [3.05, 3.63) is 58.6 Å². The Morgan fingerprint density at radius 3 is 2.65 bits per heavy atom. The molecule has 1 aliphatic heterocycles. The van der Waals surface area contributed by atoms with E-state index in [1.165, 1.54) is 12.3 Å². The van der Waals surface area contributed by atoms with Crippen molar-refractivity contribution in [1.29, 1.82) is 0 Å². The summed E-state index contributed by atoms with van der Waals surface area (Å²) in [6, 6.07) is 9.69. The van der Waals surface area contributed by atoms with Crippen LogP contribution in [0, 0.1) is 0 Å². The third-order valence-electron chi connectivity index (χ3n) is 4.26. The first kappa shape index (κ1) is 18.2. The van der Waals surface area contributed by atoms with E-state index in [1.807, 2.05) is 0 Å². The molecule has 1 saturated heterocycles. The number of aliphatic hydroxyl groups excluding tert-OH is 2. The lowest BCUT2D eigenvalue weighted by Crippen LogP contribution is -2.42. The van der Waals surface area contributed by atoms with Gasteiger partial charge in [0.1, 0.15) is 18.0 Å². The molecule has 2 heterocycles.